The zero-order chi connectivity index (χ0) is 18.5. The molecular formula is C19H17N3O4. The fourth-order valence-corrected chi connectivity index (χ4v) is 2.44. The molecule has 2 aromatic carbocycles. The van der Waals surface area contributed by atoms with Gasteiger partial charge in [-0.15, -0.1) is 0 Å². The number of carbonyl (C=O) groups is 3. The van der Waals surface area contributed by atoms with Gasteiger partial charge in [0.25, 0.3) is 11.8 Å². The minimum Gasteiger partial charge on any atom is -0.451 e. The fourth-order valence-electron chi connectivity index (χ4n) is 2.44. The summed E-state index contributed by atoms with van der Waals surface area (Å²) in [6, 6.07) is 15.5. The van der Waals surface area contributed by atoms with Crippen LogP contribution in [0.5, 0.6) is 0 Å². The fraction of sp³-hybridized carbons (Fsp3) is 0.105. The number of rotatable bonds is 5. The maximum Gasteiger partial charge on any atom is 0.355 e. The molecule has 1 heterocycles. The Morgan fingerprint density at radius 3 is 2.46 bits per heavy atom. The number of aromatic amines is 1. The van der Waals surface area contributed by atoms with E-state index in [1.807, 2.05) is 24.3 Å². The Labute approximate surface area is 149 Å². The van der Waals surface area contributed by atoms with Gasteiger partial charge in [0.05, 0.1) is 0 Å². The van der Waals surface area contributed by atoms with Crippen LogP contribution < -0.4 is 10.6 Å². The Kier molecular flexibility index (Phi) is 4.98. The Hall–Kier alpha value is -3.61. The third-order valence-corrected chi connectivity index (χ3v) is 3.74. The minimum atomic E-state index is -0.605. The molecule has 0 atom stereocenters. The van der Waals surface area contributed by atoms with E-state index >= 15 is 0 Å². The lowest BCUT2D eigenvalue weighted by Crippen LogP contribution is -2.21. The van der Waals surface area contributed by atoms with Gasteiger partial charge in [0.1, 0.15) is 5.69 Å². The number of nitrogens with one attached hydrogen (secondary N) is 3. The van der Waals surface area contributed by atoms with Crippen molar-refractivity contribution in [3.05, 3.63) is 65.9 Å². The number of hydrogen-bond acceptors (Lipinski definition) is 4. The molecule has 3 N–H and O–H groups in total. The lowest BCUT2D eigenvalue weighted by molar-refractivity contribution is -0.119. The number of benzene rings is 2. The second-order valence-electron chi connectivity index (χ2n) is 5.55. The van der Waals surface area contributed by atoms with Crippen LogP contribution in [0.3, 0.4) is 0 Å². The van der Waals surface area contributed by atoms with Crippen LogP contribution in [0.4, 0.5) is 5.69 Å². The average Bonchev–Trinajstić information content (AvgIpc) is 3.10. The van der Waals surface area contributed by atoms with Crippen LogP contribution in [0.2, 0.25) is 0 Å². The van der Waals surface area contributed by atoms with Crippen LogP contribution >= 0.6 is 0 Å². The van der Waals surface area contributed by atoms with Gasteiger partial charge in [-0.2, -0.15) is 0 Å². The summed E-state index contributed by atoms with van der Waals surface area (Å²) in [5.41, 5.74) is 2.09. The molecule has 0 spiro atoms. The summed E-state index contributed by atoms with van der Waals surface area (Å²) < 4.78 is 5.02. The van der Waals surface area contributed by atoms with Crippen LogP contribution in [-0.4, -0.2) is 36.4 Å². The molecule has 7 nitrogen and oxygen atoms in total. The van der Waals surface area contributed by atoms with Crippen molar-refractivity contribution in [2.45, 2.75) is 0 Å². The number of esters is 1. The molecule has 0 bridgehead atoms. The van der Waals surface area contributed by atoms with E-state index in [0.29, 0.717) is 11.3 Å². The van der Waals surface area contributed by atoms with Crippen molar-refractivity contribution >= 4 is 34.4 Å². The lowest BCUT2D eigenvalue weighted by Gasteiger charge is -2.07. The van der Waals surface area contributed by atoms with Crippen molar-refractivity contribution in [2.75, 3.05) is 19.0 Å². The predicted octanol–water partition coefficient (Wildman–Crippen LogP) is 2.32. The molecule has 0 aliphatic rings. The second-order valence-corrected chi connectivity index (χ2v) is 5.55. The molecule has 0 aliphatic carbocycles. The minimum absolute atomic E-state index is 0.213. The molecule has 0 saturated heterocycles. The van der Waals surface area contributed by atoms with Gasteiger partial charge in [-0.3, -0.25) is 9.59 Å². The Balaban J connectivity index is 1.55. The van der Waals surface area contributed by atoms with Crippen LogP contribution in [0, 0.1) is 0 Å². The van der Waals surface area contributed by atoms with Gasteiger partial charge in [0.2, 0.25) is 0 Å². The molecule has 3 aromatic rings. The van der Waals surface area contributed by atoms with Gasteiger partial charge in [-0.25, -0.2) is 4.79 Å². The molecule has 0 unspecified atom stereocenters. The number of hydrogen-bond donors (Lipinski definition) is 3. The van der Waals surface area contributed by atoms with Crippen molar-refractivity contribution in [1.29, 1.82) is 0 Å². The highest BCUT2D eigenvalue weighted by molar-refractivity contribution is 5.98. The number of anilines is 1. The van der Waals surface area contributed by atoms with Crippen LogP contribution in [0.1, 0.15) is 20.8 Å². The van der Waals surface area contributed by atoms with Crippen molar-refractivity contribution in [3.8, 4) is 0 Å². The zero-order valence-electron chi connectivity index (χ0n) is 14.0. The Morgan fingerprint density at radius 2 is 1.77 bits per heavy atom. The summed E-state index contributed by atoms with van der Waals surface area (Å²) in [5.74, 6) is -1.29. The molecule has 7 heteroatoms. The second kappa shape index (κ2) is 7.52. The number of aromatic nitrogens is 1. The molecule has 3 rings (SSSR count). The van der Waals surface area contributed by atoms with E-state index in [1.54, 1.807) is 37.4 Å². The maximum absolute atomic E-state index is 12.0. The topological polar surface area (TPSA) is 100 Å². The van der Waals surface area contributed by atoms with Crippen molar-refractivity contribution in [2.24, 2.45) is 0 Å². The first-order valence-corrected chi connectivity index (χ1v) is 7.93. The first-order valence-electron chi connectivity index (χ1n) is 7.93. The number of carbonyl (C=O) groups excluding carboxylic acids is 3. The summed E-state index contributed by atoms with van der Waals surface area (Å²) in [5, 5.41) is 6.00. The van der Waals surface area contributed by atoms with E-state index in [2.05, 4.69) is 15.6 Å². The molecule has 0 saturated carbocycles. The molecule has 132 valence electrons. The molecule has 0 fully saturated rings. The van der Waals surface area contributed by atoms with Gasteiger partial charge < -0.3 is 20.4 Å². The first kappa shape index (κ1) is 17.2. The Bertz CT molecular complexity index is 927. The quantitative estimate of drug-likeness (QED) is 0.614. The monoisotopic (exact) mass is 351 g/mol. The van der Waals surface area contributed by atoms with E-state index in [-0.39, 0.29) is 11.6 Å². The molecule has 0 aliphatic heterocycles. The van der Waals surface area contributed by atoms with Crippen LogP contribution in [0.15, 0.2) is 54.6 Å². The van der Waals surface area contributed by atoms with Crippen molar-refractivity contribution in [3.63, 3.8) is 0 Å². The molecule has 26 heavy (non-hydrogen) atoms. The summed E-state index contributed by atoms with van der Waals surface area (Å²) >= 11 is 0. The van der Waals surface area contributed by atoms with Gasteiger partial charge >= 0.3 is 5.97 Å². The highest BCUT2D eigenvalue weighted by atomic mass is 16.5. The van der Waals surface area contributed by atoms with Gasteiger partial charge in [-0.05, 0) is 36.4 Å². The smallest absolute Gasteiger partial charge is 0.355 e. The number of fused-ring (bicyclic) bond motifs is 1. The first-order chi connectivity index (χ1) is 12.6. The highest BCUT2D eigenvalue weighted by Crippen LogP contribution is 2.15. The third-order valence-electron chi connectivity index (χ3n) is 3.74. The zero-order valence-corrected chi connectivity index (χ0v) is 14.0. The van der Waals surface area contributed by atoms with Crippen LogP contribution in [-0.2, 0) is 9.53 Å². The normalized spacial score (nSPS) is 10.3. The summed E-state index contributed by atoms with van der Waals surface area (Å²) in [7, 11) is 1.54. The Morgan fingerprint density at radius 1 is 1.04 bits per heavy atom. The van der Waals surface area contributed by atoms with E-state index in [9.17, 15) is 14.4 Å². The van der Waals surface area contributed by atoms with Crippen molar-refractivity contribution in [1.82, 2.24) is 10.3 Å². The van der Waals surface area contributed by atoms with Gasteiger partial charge in [0.15, 0.2) is 6.61 Å². The maximum atomic E-state index is 12.0. The lowest BCUT2D eigenvalue weighted by atomic mass is 10.2. The van der Waals surface area contributed by atoms with E-state index < -0.39 is 18.5 Å². The standard InChI is InChI=1S/C19H17N3O4/c1-20-18(24)12-6-8-14(9-7-12)21-17(23)11-26-19(25)16-10-13-4-2-3-5-15(13)22-16/h2-10,22H,11H2,1H3,(H,20,24)(H,21,23). The van der Waals surface area contributed by atoms with Crippen molar-refractivity contribution < 1.29 is 19.1 Å². The van der Waals surface area contributed by atoms with Gasteiger partial charge in [-0.1, -0.05) is 18.2 Å². The molecule has 2 amide bonds. The molecule has 0 radical (unpaired) electrons. The molecular weight excluding hydrogens is 334 g/mol. The van der Waals surface area contributed by atoms with E-state index in [1.165, 1.54) is 0 Å². The highest BCUT2D eigenvalue weighted by Gasteiger charge is 2.13. The number of para-hydroxylation sites is 1. The van der Waals surface area contributed by atoms with E-state index in [4.69, 9.17) is 4.74 Å². The average molecular weight is 351 g/mol. The van der Waals surface area contributed by atoms with Gasteiger partial charge in [0, 0.05) is 29.2 Å². The number of ether oxygens (including phenoxy) is 1. The van der Waals surface area contributed by atoms with E-state index in [0.717, 1.165) is 10.9 Å². The summed E-state index contributed by atoms with van der Waals surface area (Å²) in [6.45, 7) is -0.411. The summed E-state index contributed by atoms with van der Waals surface area (Å²) in [4.78, 5) is 38.4. The third kappa shape index (κ3) is 3.89. The SMILES string of the molecule is CNC(=O)c1ccc(NC(=O)COC(=O)c2cc3ccccc3[nH]2)cc1. The number of amides is 2. The molecule has 1 aromatic heterocycles. The largest absolute Gasteiger partial charge is 0.451 e. The number of H-pyrrole nitrogens is 1. The summed E-state index contributed by atoms with van der Waals surface area (Å²) in [6.07, 6.45) is 0. The van der Waals surface area contributed by atoms with Crippen LogP contribution in [0.25, 0.3) is 10.9 Å². The predicted molar refractivity (Wildman–Crippen MR) is 97.0 cm³/mol.